The van der Waals surface area contributed by atoms with Crippen molar-refractivity contribution in [1.29, 1.82) is 0 Å². The summed E-state index contributed by atoms with van der Waals surface area (Å²) in [4.78, 5) is 0. The molecule has 1 saturated heterocycles. The first-order valence-electron chi connectivity index (χ1n) is 6.48. The van der Waals surface area contributed by atoms with E-state index in [-0.39, 0.29) is 11.0 Å². The average molecular weight is 288 g/mol. The van der Waals surface area contributed by atoms with E-state index in [9.17, 15) is 8.42 Å². The van der Waals surface area contributed by atoms with Gasteiger partial charge >= 0.3 is 0 Å². The highest BCUT2D eigenvalue weighted by molar-refractivity contribution is 7.89. The highest BCUT2D eigenvalue weighted by atomic mass is 32.2. The molecule has 0 spiro atoms. The molecule has 1 fully saturated rings. The van der Waals surface area contributed by atoms with Crippen molar-refractivity contribution in [2.75, 3.05) is 26.3 Å². The molecule has 0 radical (unpaired) electrons. The van der Waals surface area contributed by atoms with Gasteiger partial charge in [-0.15, -0.1) is 0 Å². The Bertz CT molecular complexity index is 492. The van der Waals surface area contributed by atoms with Crippen LogP contribution in [-0.4, -0.2) is 34.7 Å². The molecule has 19 heavy (non-hydrogen) atoms. The molecule has 2 rings (SSSR count). The molecule has 0 aromatic carbocycles. The summed E-state index contributed by atoms with van der Waals surface area (Å²) in [6, 6.07) is 3.16. The standard InChI is InChI=1S/C12H20N2O4S/c1-2-13-8-11-3-4-12(18-11)19(15,16)14-7-10-5-6-17-9-10/h3-4,10,13-14H,2,5-9H2,1H3. The van der Waals surface area contributed by atoms with E-state index in [2.05, 4.69) is 10.0 Å². The second-order valence-corrected chi connectivity index (χ2v) is 6.28. The molecule has 1 aliphatic rings. The molecule has 1 unspecified atom stereocenters. The van der Waals surface area contributed by atoms with Crippen LogP contribution in [0.2, 0.25) is 0 Å². The highest BCUT2D eigenvalue weighted by Crippen LogP contribution is 2.16. The van der Waals surface area contributed by atoms with Gasteiger partial charge in [-0.1, -0.05) is 6.92 Å². The van der Waals surface area contributed by atoms with Gasteiger partial charge in [0.15, 0.2) is 0 Å². The molecule has 1 aromatic heterocycles. The third-order valence-corrected chi connectivity index (χ3v) is 4.33. The Morgan fingerprint density at radius 3 is 2.95 bits per heavy atom. The van der Waals surface area contributed by atoms with Gasteiger partial charge in [-0.05, 0) is 31.0 Å². The Morgan fingerprint density at radius 2 is 2.26 bits per heavy atom. The molecule has 1 atom stereocenters. The lowest BCUT2D eigenvalue weighted by molar-refractivity contribution is 0.186. The molecule has 6 nitrogen and oxygen atoms in total. The van der Waals surface area contributed by atoms with E-state index in [4.69, 9.17) is 9.15 Å². The fourth-order valence-electron chi connectivity index (χ4n) is 1.89. The van der Waals surface area contributed by atoms with E-state index in [1.54, 1.807) is 6.07 Å². The zero-order valence-electron chi connectivity index (χ0n) is 11.0. The number of rotatable bonds is 7. The van der Waals surface area contributed by atoms with Crippen LogP contribution in [0.1, 0.15) is 19.1 Å². The van der Waals surface area contributed by atoms with E-state index < -0.39 is 10.0 Å². The van der Waals surface area contributed by atoms with E-state index >= 15 is 0 Å². The molecule has 0 saturated carbocycles. The zero-order chi connectivity index (χ0) is 13.7. The van der Waals surface area contributed by atoms with E-state index in [1.807, 2.05) is 6.92 Å². The number of hydrogen-bond acceptors (Lipinski definition) is 5. The molecule has 1 aromatic rings. The van der Waals surface area contributed by atoms with Crippen LogP contribution in [0.3, 0.4) is 0 Å². The topological polar surface area (TPSA) is 80.6 Å². The monoisotopic (exact) mass is 288 g/mol. The van der Waals surface area contributed by atoms with Crippen molar-refractivity contribution < 1.29 is 17.6 Å². The van der Waals surface area contributed by atoms with Crippen LogP contribution in [0.15, 0.2) is 21.6 Å². The Kier molecular flexibility index (Phi) is 4.98. The third kappa shape index (κ3) is 4.04. The van der Waals surface area contributed by atoms with Crippen molar-refractivity contribution in [3.63, 3.8) is 0 Å². The van der Waals surface area contributed by atoms with Crippen LogP contribution in [0.4, 0.5) is 0 Å². The fourth-order valence-corrected chi connectivity index (χ4v) is 2.95. The van der Waals surface area contributed by atoms with Crippen LogP contribution >= 0.6 is 0 Å². The van der Waals surface area contributed by atoms with Gasteiger partial charge in [-0.2, -0.15) is 0 Å². The van der Waals surface area contributed by atoms with Crippen LogP contribution in [0.5, 0.6) is 0 Å². The number of ether oxygens (including phenoxy) is 1. The fraction of sp³-hybridized carbons (Fsp3) is 0.667. The molecule has 0 amide bonds. The van der Waals surface area contributed by atoms with Crippen LogP contribution < -0.4 is 10.0 Å². The predicted octanol–water partition coefficient (Wildman–Crippen LogP) is 0.704. The summed E-state index contributed by atoms with van der Waals surface area (Å²) in [5.74, 6) is 0.873. The quantitative estimate of drug-likeness (QED) is 0.772. The van der Waals surface area contributed by atoms with E-state index in [0.29, 0.717) is 32.1 Å². The lowest BCUT2D eigenvalue weighted by atomic mass is 10.1. The number of sulfonamides is 1. The summed E-state index contributed by atoms with van der Waals surface area (Å²) in [6.07, 6.45) is 0.895. The van der Waals surface area contributed by atoms with E-state index in [0.717, 1.165) is 13.0 Å². The summed E-state index contributed by atoms with van der Waals surface area (Å²) in [7, 11) is -3.55. The normalized spacial score (nSPS) is 19.9. The lowest BCUT2D eigenvalue weighted by Gasteiger charge is -2.08. The average Bonchev–Trinajstić information content (AvgIpc) is 3.05. The Labute approximate surface area is 113 Å². The zero-order valence-corrected chi connectivity index (χ0v) is 11.8. The van der Waals surface area contributed by atoms with Crippen LogP contribution in [0.25, 0.3) is 0 Å². The molecule has 2 N–H and O–H groups in total. The van der Waals surface area contributed by atoms with Gasteiger partial charge in [0.05, 0.1) is 13.2 Å². The summed E-state index contributed by atoms with van der Waals surface area (Å²) < 4.78 is 37.1. The summed E-state index contributed by atoms with van der Waals surface area (Å²) in [6.45, 7) is 5.04. The lowest BCUT2D eigenvalue weighted by Crippen LogP contribution is -2.29. The van der Waals surface area contributed by atoms with Crippen molar-refractivity contribution in [2.45, 2.75) is 25.0 Å². The van der Waals surface area contributed by atoms with E-state index in [1.165, 1.54) is 6.07 Å². The molecular weight excluding hydrogens is 268 g/mol. The molecular formula is C12H20N2O4S. The number of hydrogen-bond donors (Lipinski definition) is 2. The van der Waals surface area contributed by atoms with Gasteiger partial charge in [-0.25, -0.2) is 13.1 Å². The van der Waals surface area contributed by atoms with Gasteiger partial charge in [-0.3, -0.25) is 0 Å². The first kappa shape index (κ1) is 14.5. The maximum Gasteiger partial charge on any atom is 0.273 e. The maximum absolute atomic E-state index is 12.0. The van der Waals surface area contributed by atoms with Crippen molar-refractivity contribution in [3.8, 4) is 0 Å². The summed E-state index contributed by atoms with van der Waals surface area (Å²) >= 11 is 0. The molecule has 2 heterocycles. The Morgan fingerprint density at radius 1 is 1.42 bits per heavy atom. The van der Waals surface area contributed by atoms with Gasteiger partial charge in [0.25, 0.3) is 10.0 Å². The first-order valence-corrected chi connectivity index (χ1v) is 7.97. The van der Waals surface area contributed by atoms with Crippen molar-refractivity contribution in [2.24, 2.45) is 5.92 Å². The van der Waals surface area contributed by atoms with Crippen molar-refractivity contribution >= 4 is 10.0 Å². The maximum atomic E-state index is 12.0. The Balaban J connectivity index is 1.92. The predicted molar refractivity (Wildman–Crippen MR) is 70.2 cm³/mol. The van der Waals surface area contributed by atoms with Gasteiger partial charge in [0, 0.05) is 13.2 Å². The van der Waals surface area contributed by atoms with Gasteiger partial charge in [0.2, 0.25) is 5.09 Å². The smallest absolute Gasteiger partial charge is 0.273 e. The first-order chi connectivity index (χ1) is 9.12. The number of nitrogens with one attached hydrogen (secondary N) is 2. The van der Waals surface area contributed by atoms with Crippen LogP contribution in [-0.2, 0) is 21.3 Å². The minimum absolute atomic E-state index is 0.0284. The van der Waals surface area contributed by atoms with Crippen LogP contribution in [0, 0.1) is 5.92 Å². The molecule has 0 aliphatic carbocycles. The Hall–Kier alpha value is -0.890. The minimum atomic E-state index is -3.55. The third-order valence-electron chi connectivity index (χ3n) is 3.04. The molecule has 7 heteroatoms. The molecule has 0 bridgehead atoms. The van der Waals surface area contributed by atoms with Crippen molar-refractivity contribution in [3.05, 3.63) is 17.9 Å². The summed E-state index contributed by atoms with van der Waals surface area (Å²) in [5.41, 5.74) is 0. The second kappa shape index (κ2) is 6.51. The largest absolute Gasteiger partial charge is 0.447 e. The van der Waals surface area contributed by atoms with Gasteiger partial charge < -0.3 is 14.5 Å². The number of furan rings is 1. The SMILES string of the molecule is CCNCc1ccc(S(=O)(=O)NCC2CCOC2)o1. The van der Waals surface area contributed by atoms with Crippen molar-refractivity contribution in [1.82, 2.24) is 10.0 Å². The molecule has 108 valence electrons. The highest BCUT2D eigenvalue weighted by Gasteiger charge is 2.22. The molecule has 1 aliphatic heterocycles. The second-order valence-electron chi connectivity index (χ2n) is 4.58. The van der Waals surface area contributed by atoms with Gasteiger partial charge in [0.1, 0.15) is 5.76 Å². The summed E-state index contributed by atoms with van der Waals surface area (Å²) in [5, 5.41) is 3.05. The minimum Gasteiger partial charge on any atom is -0.447 e.